The number of nitrogens with two attached hydrogens (primary N) is 1. The zero-order chi connectivity index (χ0) is 14.8. The van der Waals surface area contributed by atoms with E-state index in [0.717, 1.165) is 24.8 Å². The summed E-state index contributed by atoms with van der Waals surface area (Å²) in [6.07, 6.45) is 2.94. The van der Waals surface area contributed by atoms with Crippen LogP contribution in [0.2, 0.25) is 0 Å². The van der Waals surface area contributed by atoms with Gasteiger partial charge < -0.3 is 10.5 Å². The largest absolute Gasteiger partial charge is 0.482 e. The van der Waals surface area contributed by atoms with E-state index in [1.165, 1.54) is 17.2 Å². The van der Waals surface area contributed by atoms with E-state index in [-0.39, 0.29) is 18.0 Å². The fraction of sp³-hybridized carbons (Fsp3) is 0.333. The number of rotatable bonds is 3. The molecule has 0 heterocycles. The minimum atomic E-state index is -0.340. The minimum Gasteiger partial charge on any atom is -0.482 e. The fourth-order valence-electron chi connectivity index (χ4n) is 2.98. The van der Waals surface area contributed by atoms with Crippen molar-refractivity contribution in [2.24, 2.45) is 5.73 Å². The molecule has 0 saturated heterocycles. The summed E-state index contributed by atoms with van der Waals surface area (Å²) < 4.78 is 20.2. The van der Waals surface area contributed by atoms with Crippen LogP contribution in [0.4, 0.5) is 4.39 Å². The lowest BCUT2D eigenvalue weighted by molar-refractivity contribution is 0.173. The van der Waals surface area contributed by atoms with Crippen molar-refractivity contribution in [1.29, 1.82) is 0 Å². The lowest BCUT2D eigenvalue weighted by Gasteiger charge is -2.27. The molecule has 0 fully saturated rings. The van der Waals surface area contributed by atoms with Gasteiger partial charge in [0.15, 0.2) is 11.6 Å². The number of halogens is 1. The monoisotopic (exact) mass is 285 g/mol. The second-order valence-corrected chi connectivity index (χ2v) is 5.64. The molecule has 2 nitrogen and oxygen atoms in total. The summed E-state index contributed by atoms with van der Waals surface area (Å²) in [5.41, 5.74) is 9.12. The van der Waals surface area contributed by atoms with Gasteiger partial charge in [-0.15, -0.1) is 0 Å². The molecule has 0 radical (unpaired) electrons. The van der Waals surface area contributed by atoms with E-state index in [9.17, 15) is 4.39 Å². The summed E-state index contributed by atoms with van der Waals surface area (Å²) in [5, 5.41) is 0. The highest BCUT2D eigenvalue weighted by atomic mass is 19.1. The predicted molar refractivity (Wildman–Crippen MR) is 81.8 cm³/mol. The van der Waals surface area contributed by atoms with Crippen LogP contribution in [-0.4, -0.2) is 0 Å². The standard InChI is InChI=1S/C18H20FNO/c1-12(20)14-9-5-10-16(19)18(14)21-17-11-4-7-13-6-2-3-8-15(13)17/h2-3,5-6,8-10,12,17H,4,7,11,20H2,1H3/t12-,17?/m0/s1. The van der Waals surface area contributed by atoms with Crippen LogP contribution in [0.3, 0.4) is 0 Å². The van der Waals surface area contributed by atoms with Crippen molar-refractivity contribution >= 4 is 0 Å². The van der Waals surface area contributed by atoms with Crippen LogP contribution in [0.25, 0.3) is 0 Å². The molecule has 110 valence electrons. The van der Waals surface area contributed by atoms with Crippen molar-refractivity contribution in [2.45, 2.75) is 38.3 Å². The van der Waals surface area contributed by atoms with Crippen LogP contribution < -0.4 is 10.5 Å². The molecule has 2 atom stereocenters. The Morgan fingerprint density at radius 2 is 2.00 bits per heavy atom. The van der Waals surface area contributed by atoms with Crippen molar-refractivity contribution in [3.63, 3.8) is 0 Å². The Balaban J connectivity index is 1.95. The third-order valence-electron chi connectivity index (χ3n) is 4.06. The molecule has 1 aliphatic carbocycles. The van der Waals surface area contributed by atoms with E-state index >= 15 is 0 Å². The Labute approximate surface area is 124 Å². The SMILES string of the molecule is C[C@H](N)c1cccc(F)c1OC1CCCc2ccccc21. The van der Waals surface area contributed by atoms with Gasteiger partial charge in [0.2, 0.25) is 0 Å². The molecule has 2 N–H and O–H groups in total. The first-order chi connectivity index (χ1) is 10.2. The molecule has 0 aromatic heterocycles. The first-order valence-corrected chi connectivity index (χ1v) is 7.45. The first-order valence-electron chi connectivity index (χ1n) is 7.45. The molecule has 0 saturated carbocycles. The molecule has 1 aliphatic rings. The zero-order valence-corrected chi connectivity index (χ0v) is 12.2. The van der Waals surface area contributed by atoms with Crippen molar-refractivity contribution in [1.82, 2.24) is 0 Å². The van der Waals surface area contributed by atoms with E-state index in [1.807, 2.05) is 25.1 Å². The average molecular weight is 285 g/mol. The van der Waals surface area contributed by atoms with Crippen LogP contribution in [0.15, 0.2) is 42.5 Å². The predicted octanol–water partition coefficient (Wildman–Crippen LogP) is 4.30. The summed E-state index contributed by atoms with van der Waals surface area (Å²) in [6.45, 7) is 1.84. The molecule has 21 heavy (non-hydrogen) atoms. The zero-order valence-electron chi connectivity index (χ0n) is 12.2. The van der Waals surface area contributed by atoms with Crippen LogP contribution in [-0.2, 0) is 6.42 Å². The van der Waals surface area contributed by atoms with E-state index < -0.39 is 0 Å². The summed E-state index contributed by atoms with van der Waals surface area (Å²) in [5.74, 6) is -0.0398. The first kappa shape index (κ1) is 14.1. The second-order valence-electron chi connectivity index (χ2n) is 5.64. The number of hydrogen-bond acceptors (Lipinski definition) is 2. The lowest BCUT2D eigenvalue weighted by Crippen LogP contribution is -2.17. The molecular weight excluding hydrogens is 265 g/mol. The molecule has 0 spiro atoms. The molecule has 3 heteroatoms. The van der Waals surface area contributed by atoms with Gasteiger partial charge in [-0.05, 0) is 43.4 Å². The van der Waals surface area contributed by atoms with E-state index in [2.05, 4.69) is 12.1 Å². The highest BCUT2D eigenvalue weighted by Crippen LogP contribution is 2.37. The highest BCUT2D eigenvalue weighted by Gasteiger charge is 2.24. The maximum Gasteiger partial charge on any atom is 0.165 e. The van der Waals surface area contributed by atoms with Crippen molar-refractivity contribution in [3.05, 3.63) is 65.0 Å². The van der Waals surface area contributed by atoms with Crippen LogP contribution in [0.5, 0.6) is 5.75 Å². The normalized spacial score (nSPS) is 18.9. The quantitative estimate of drug-likeness (QED) is 0.912. The number of fused-ring (bicyclic) bond motifs is 1. The third kappa shape index (κ3) is 2.79. The molecule has 1 unspecified atom stereocenters. The fourth-order valence-corrected chi connectivity index (χ4v) is 2.98. The van der Waals surface area contributed by atoms with Crippen LogP contribution in [0.1, 0.15) is 48.6 Å². The van der Waals surface area contributed by atoms with E-state index in [1.54, 1.807) is 6.07 Å². The topological polar surface area (TPSA) is 35.2 Å². The maximum atomic E-state index is 14.2. The maximum absolute atomic E-state index is 14.2. The summed E-state index contributed by atoms with van der Waals surface area (Å²) in [7, 11) is 0. The van der Waals surface area contributed by atoms with Crippen molar-refractivity contribution < 1.29 is 9.13 Å². The molecule has 0 amide bonds. The molecule has 0 bridgehead atoms. The molecule has 2 aromatic carbocycles. The summed E-state index contributed by atoms with van der Waals surface area (Å²) in [4.78, 5) is 0. The van der Waals surface area contributed by atoms with Gasteiger partial charge in [-0.2, -0.15) is 0 Å². The van der Waals surface area contributed by atoms with Crippen molar-refractivity contribution in [2.75, 3.05) is 0 Å². The Morgan fingerprint density at radius 3 is 2.81 bits per heavy atom. The van der Waals surface area contributed by atoms with E-state index in [0.29, 0.717) is 5.75 Å². The van der Waals surface area contributed by atoms with Gasteiger partial charge in [0.25, 0.3) is 0 Å². The Bertz CT molecular complexity index is 639. The highest BCUT2D eigenvalue weighted by molar-refractivity contribution is 5.39. The molecule has 3 rings (SSSR count). The van der Waals surface area contributed by atoms with Gasteiger partial charge in [-0.25, -0.2) is 4.39 Å². The van der Waals surface area contributed by atoms with Gasteiger partial charge in [-0.3, -0.25) is 0 Å². The molecule has 2 aromatic rings. The molecule has 0 aliphatic heterocycles. The number of para-hydroxylation sites is 1. The van der Waals surface area contributed by atoms with Gasteiger partial charge in [0, 0.05) is 11.6 Å². The number of hydrogen-bond donors (Lipinski definition) is 1. The second kappa shape index (κ2) is 5.86. The average Bonchev–Trinajstić information content (AvgIpc) is 2.49. The van der Waals surface area contributed by atoms with Gasteiger partial charge in [0.1, 0.15) is 6.10 Å². The third-order valence-corrected chi connectivity index (χ3v) is 4.06. The number of benzene rings is 2. The Hall–Kier alpha value is -1.87. The van der Waals surface area contributed by atoms with Gasteiger partial charge >= 0.3 is 0 Å². The summed E-state index contributed by atoms with van der Waals surface area (Å²) >= 11 is 0. The Morgan fingerprint density at radius 1 is 1.19 bits per heavy atom. The number of ether oxygens (including phenoxy) is 1. The van der Waals surface area contributed by atoms with Crippen molar-refractivity contribution in [3.8, 4) is 5.75 Å². The summed E-state index contributed by atoms with van der Waals surface area (Å²) in [6, 6.07) is 12.9. The minimum absolute atomic E-state index is 0.0932. The van der Waals surface area contributed by atoms with Gasteiger partial charge in [0.05, 0.1) is 0 Å². The van der Waals surface area contributed by atoms with Gasteiger partial charge in [-0.1, -0.05) is 36.4 Å². The van der Waals surface area contributed by atoms with E-state index in [4.69, 9.17) is 10.5 Å². The smallest absolute Gasteiger partial charge is 0.165 e. The van der Waals surface area contributed by atoms with Crippen LogP contribution >= 0.6 is 0 Å². The lowest BCUT2D eigenvalue weighted by atomic mass is 9.89. The molecular formula is C18H20FNO. The number of aryl methyl sites for hydroxylation is 1. The Kier molecular flexibility index (Phi) is 3.93. The van der Waals surface area contributed by atoms with Crippen LogP contribution in [0, 0.1) is 5.82 Å².